The van der Waals surface area contributed by atoms with Crippen LogP contribution in [-0.2, 0) is 11.2 Å². The van der Waals surface area contributed by atoms with E-state index in [1.54, 1.807) is 7.11 Å². The van der Waals surface area contributed by atoms with Gasteiger partial charge in [0.1, 0.15) is 5.15 Å². The molecule has 0 spiro atoms. The van der Waals surface area contributed by atoms with Crippen molar-refractivity contribution in [3.05, 3.63) is 29.0 Å². The monoisotopic (exact) mass is 242 g/mol. The Morgan fingerprint density at radius 1 is 1.50 bits per heavy atom. The maximum atomic E-state index is 5.72. The molecule has 0 aliphatic rings. The third-order valence-electron chi connectivity index (χ3n) is 2.50. The molecule has 1 N–H and O–H groups in total. The molecule has 0 fully saturated rings. The standard InChI is InChI=1S/C12H19ClN2O/c1-3-11(9-16-2)14-7-6-10-4-5-12(13)15-8-10/h4-5,8,11,14H,3,6-7,9H2,1-2H3. The lowest BCUT2D eigenvalue weighted by molar-refractivity contribution is 0.165. The van der Waals surface area contributed by atoms with E-state index in [4.69, 9.17) is 16.3 Å². The van der Waals surface area contributed by atoms with Crippen LogP contribution in [-0.4, -0.2) is 31.3 Å². The highest BCUT2D eigenvalue weighted by molar-refractivity contribution is 6.29. The average molecular weight is 243 g/mol. The van der Waals surface area contributed by atoms with Gasteiger partial charge in [0.25, 0.3) is 0 Å². The molecule has 90 valence electrons. The van der Waals surface area contributed by atoms with Gasteiger partial charge in [0.2, 0.25) is 0 Å². The summed E-state index contributed by atoms with van der Waals surface area (Å²) in [5.41, 5.74) is 1.20. The van der Waals surface area contributed by atoms with Crippen molar-refractivity contribution in [1.82, 2.24) is 10.3 Å². The van der Waals surface area contributed by atoms with Gasteiger partial charge in [-0.3, -0.25) is 0 Å². The number of aromatic nitrogens is 1. The van der Waals surface area contributed by atoms with Gasteiger partial charge in [-0.25, -0.2) is 4.98 Å². The second-order valence-corrected chi connectivity index (χ2v) is 4.14. The fourth-order valence-electron chi connectivity index (χ4n) is 1.50. The molecule has 0 saturated heterocycles. The lowest BCUT2D eigenvalue weighted by Crippen LogP contribution is -2.34. The zero-order valence-electron chi connectivity index (χ0n) is 9.87. The van der Waals surface area contributed by atoms with Crippen molar-refractivity contribution in [2.75, 3.05) is 20.3 Å². The predicted molar refractivity (Wildman–Crippen MR) is 66.9 cm³/mol. The summed E-state index contributed by atoms with van der Waals surface area (Å²) < 4.78 is 5.12. The first-order valence-electron chi connectivity index (χ1n) is 5.59. The molecule has 1 heterocycles. The van der Waals surface area contributed by atoms with Crippen molar-refractivity contribution in [2.45, 2.75) is 25.8 Å². The van der Waals surface area contributed by atoms with E-state index in [1.807, 2.05) is 18.3 Å². The van der Waals surface area contributed by atoms with Gasteiger partial charge in [-0.1, -0.05) is 24.6 Å². The van der Waals surface area contributed by atoms with Crippen LogP contribution in [0.1, 0.15) is 18.9 Å². The van der Waals surface area contributed by atoms with Gasteiger partial charge < -0.3 is 10.1 Å². The van der Waals surface area contributed by atoms with E-state index in [0.717, 1.165) is 26.0 Å². The Kier molecular flexibility index (Phi) is 6.38. The molecule has 1 rings (SSSR count). The summed E-state index contributed by atoms with van der Waals surface area (Å²) in [7, 11) is 1.73. The molecule has 1 unspecified atom stereocenters. The SMILES string of the molecule is CCC(COC)NCCc1ccc(Cl)nc1. The topological polar surface area (TPSA) is 34.1 Å². The molecule has 0 aliphatic heterocycles. The van der Waals surface area contributed by atoms with Gasteiger partial charge >= 0.3 is 0 Å². The Hall–Kier alpha value is -0.640. The van der Waals surface area contributed by atoms with E-state index in [0.29, 0.717) is 11.2 Å². The second kappa shape index (κ2) is 7.60. The minimum absolute atomic E-state index is 0.435. The Morgan fingerprint density at radius 2 is 2.31 bits per heavy atom. The zero-order valence-corrected chi connectivity index (χ0v) is 10.6. The molecule has 1 aromatic heterocycles. The number of nitrogens with one attached hydrogen (secondary N) is 1. The molecular formula is C12H19ClN2O. The summed E-state index contributed by atoms with van der Waals surface area (Å²) in [5, 5.41) is 3.99. The number of nitrogens with zero attached hydrogens (tertiary/aromatic N) is 1. The van der Waals surface area contributed by atoms with Gasteiger partial charge in [0.05, 0.1) is 6.61 Å². The van der Waals surface area contributed by atoms with E-state index in [-0.39, 0.29) is 0 Å². The first kappa shape index (κ1) is 13.4. The molecule has 3 nitrogen and oxygen atoms in total. The number of methoxy groups -OCH3 is 1. The van der Waals surface area contributed by atoms with Gasteiger partial charge in [-0.2, -0.15) is 0 Å². The highest BCUT2D eigenvalue weighted by Gasteiger charge is 2.03. The molecular weight excluding hydrogens is 224 g/mol. The normalized spacial score (nSPS) is 12.7. The minimum atomic E-state index is 0.435. The highest BCUT2D eigenvalue weighted by atomic mass is 35.5. The quantitative estimate of drug-likeness (QED) is 0.745. The van der Waals surface area contributed by atoms with Crippen LogP contribution < -0.4 is 5.32 Å². The van der Waals surface area contributed by atoms with Crippen LogP contribution in [0, 0.1) is 0 Å². The van der Waals surface area contributed by atoms with Crippen LogP contribution >= 0.6 is 11.6 Å². The van der Waals surface area contributed by atoms with Crippen molar-refractivity contribution in [2.24, 2.45) is 0 Å². The van der Waals surface area contributed by atoms with Crippen LogP contribution in [0.25, 0.3) is 0 Å². The smallest absolute Gasteiger partial charge is 0.129 e. The Balaban J connectivity index is 2.26. The molecule has 0 aliphatic carbocycles. The summed E-state index contributed by atoms with van der Waals surface area (Å²) in [6.07, 6.45) is 3.86. The Morgan fingerprint density at radius 3 is 2.88 bits per heavy atom. The summed E-state index contributed by atoms with van der Waals surface area (Å²) >= 11 is 5.72. The molecule has 0 radical (unpaired) electrons. The van der Waals surface area contributed by atoms with Crippen LogP contribution in [0.15, 0.2) is 18.3 Å². The maximum Gasteiger partial charge on any atom is 0.129 e. The number of hydrogen-bond acceptors (Lipinski definition) is 3. The first-order valence-corrected chi connectivity index (χ1v) is 5.96. The molecule has 0 aromatic carbocycles. The molecule has 16 heavy (non-hydrogen) atoms. The predicted octanol–water partition coefficient (Wildman–Crippen LogP) is 2.29. The summed E-state index contributed by atoms with van der Waals surface area (Å²) in [6.45, 7) is 3.85. The molecule has 0 saturated carbocycles. The lowest BCUT2D eigenvalue weighted by atomic mass is 10.2. The highest BCUT2D eigenvalue weighted by Crippen LogP contribution is 2.05. The van der Waals surface area contributed by atoms with Crippen LogP contribution in [0.3, 0.4) is 0 Å². The van der Waals surface area contributed by atoms with Gasteiger partial charge in [-0.15, -0.1) is 0 Å². The minimum Gasteiger partial charge on any atom is -0.383 e. The summed E-state index contributed by atoms with van der Waals surface area (Å²) in [4.78, 5) is 4.05. The number of ether oxygens (including phenoxy) is 1. The zero-order chi connectivity index (χ0) is 11.8. The lowest BCUT2D eigenvalue weighted by Gasteiger charge is -2.15. The first-order chi connectivity index (χ1) is 7.76. The molecule has 1 aromatic rings. The van der Waals surface area contributed by atoms with Gasteiger partial charge in [-0.05, 0) is 31.0 Å². The van der Waals surface area contributed by atoms with E-state index in [1.165, 1.54) is 5.56 Å². The third kappa shape index (κ3) is 4.92. The average Bonchev–Trinajstić information content (AvgIpc) is 2.30. The van der Waals surface area contributed by atoms with Crippen molar-refractivity contribution < 1.29 is 4.74 Å². The van der Waals surface area contributed by atoms with E-state index in [2.05, 4.69) is 17.2 Å². The van der Waals surface area contributed by atoms with Crippen molar-refractivity contribution >= 4 is 11.6 Å². The summed E-state index contributed by atoms with van der Waals surface area (Å²) in [6, 6.07) is 4.27. The van der Waals surface area contributed by atoms with E-state index in [9.17, 15) is 0 Å². The van der Waals surface area contributed by atoms with Crippen LogP contribution in [0.2, 0.25) is 5.15 Å². The van der Waals surface area contributed by atoms with Crippen molar-refractivity contribution in [1.29, 1.82) is 0 Å². The number of pyridine rings is 1. The molecule has 1 atom stereocenters. The third-order valence-corrected chi connectivity index (χ3v) is 2.72. The van der Waals surface area contributed by atoms with Gasteiger partial charge in [0, 0.05) is 19.3 Å². The largest absolute Gasteiger partial charge is 0.383 e. The fourth-order valence-corrected chi connectivity index (χ4v) is 1.61. The van der Waals surface area contributed by atoms with Crippen LogP contribution in [0.4, 0.5) is 0 Å². The number of hydrogen-bond donors (Lipinski definition) is 1. The van der Waals surface area contributed by atoms with E-state index >= 15 is 0 Å². The maximum absolute atomic E-state index is 5.72. The molecule has 4 heteroatoms. The van der Waals surface area contributed by atoms with Crippen molar-refractivity contribution in [3.63, 3.8) is 0 Å². The number of rotatable bonds is 7. The van der Waals surface area contributed by atoms with Crippen molar-refractivity contribution in [3.8, 4) is 0 Å². The summed E-state index contributed by atoms with van der Waals surface area (Å²) in [5.74, 6) is 0. The van der Waals surface area contributed by atoms with Gasteiger partial charge in [0.15, 0.2) is 0 Å². The van der Waals surface area contributed by atoms with E-state index < -0.39 is 0 Å². The molecule has 0 amide bonds. The Bertz CT molecular complexity index is 290. The molecule has 0 bridgehead atoms. The fraction of sp³-hybridized carbons (Fsp3) is 0.583. The second-order valence-electron chi connectivity index (χ2n) is 3.75. The Labute approximate surface area is 102 Å². The van der Waals surface area contributed by atoms with Crippen LogP contribution in [0.5, 0.6) is 0 Å². The number of halogens is 1.